The molecule has 2 aromatic rings. The topological polar surface area (TPSA) is 50.8 Å². The SMILES string of the molecule is CN(CCc1ccc(F)cc1)C(=O)NCCc1cc(F)cc2c1OCOC2. The van der Waals surface area contributed by atoms with E-state index in [9.17, 15) is 13.6 Å². The lowest BCUT2D eigenvalue weighted by atomic mass is 10.1. The number of carbonyl (C=O) groups excluding carboxylic acids is 1. The summed E-state index contributed by atoms with van der Waals surface area (Å²) in [5.74, 6) is 0.0158. The molecule has 2 aromatic carbocycles. The van der Waals surface area contributed by atoms with Crippen LogP contribution in [0.5, 0.6) is 5.75 Å². The fourth-order valence-corrected chi connectivity index (χ4v) is 2.93. The molecular weight excluding hydrogens is 354 g/mol. The van der Waals surface area contributed by atoms with E-state index in [0.717, 1.165) is 5.56 Å². The minimum atomic E-state index is -0.347. The number of ether oxygens (including phenoxy) is 2. The molecule has 3 rings (SSSR count). The number of benzene rings is 2. The first kappa shape index (κ1) is 19.1. The largest absolute Gasteiger partial charge is 0.467 e. The zero-order chi connectivity index (χ0) is 19.2. The molecule has 1 heterocycles. The van der Waals surface area contributed by atoms with Gasteiger partial charge in [0.25, 0.3) is 0 Å². The highest BCUT2D eigenvalue weighted by atomic mass is 19.1. The maximum Gasteiger partial charge on any atom is 0.317 e. The number of hydrogen-bond donors (Lipinski definition) is 1. The number of nitrogens with zero attached hydrogens (tertiary/aromatic N) is 1. The van der Waals surface area contributed by atoms with Crippen molar-refractivity contribution >= 4 is 6.03 Å². The molecule has 0 atom stereocenters. The highest BCUT2D eigenvalue weighted by molar-refractivity contribution is 5.73. The summed E-state index contributed by atoms with van der Waals surface area (Å²) in [6.07, 6.45) is 1.09. The number of fused-ring (bicyclic) bond motifs is 1. The van der Waals surface area contributed by atoms with Crippen molar-refractivity contribution in [2.24, 2.45) is 0 Å². The molecule has 0 fully saturated rings. The van der Waals surface area contributed by atoms with E-state index in [1.54, 1.807) is 24.1 Å². The van der Waals surface area contributed by atoms with Crippen LogP contribution in [0.1, 0.15) is 16.7 Å². The van der Waals surface area contributed by atoms with Gasteiger partial charge in [0.2, 0.25) is 0 Å². The lowest BCUT2D eigenvalue weighted by Gasteiger charge is -2.21. The predicted octanol–water partition coefficient (Wildman–Crippen LogP) is 3.26. The molecule has 5 nitrogen and oxygen atoms in total. The van der Waals surface area contributed by atoms with Crippen molar-refractivity contribution < 1.29 is 23.0 Å². The fraction of sp³-hybridized carbons (Fsp3) is 0.350. The van der Waals surface area contributed by atoms with E-state index in [1.165, 1.54) is 24.3 Å². The maximum absolute atomic E-state index is 13.7. The van der Waals surface area contributed by atoms with Crippen LogP contribution in [-0.2, 0) is 24.2 Å². The van der Waals surface area contributed by atoms with Gasteiger partial charge in [-0.05, 0) is 48.2 Å². The van der Waals surface area contributed by atoms with Crippen LogP contribution < -0.4 is 10.1 Å². The van der Waals surface area contributed by atoms with E-state index in [0.29, 0.717) is 49.4 Å². The van der Waals surface area contributed by atoms with Gasteiger partial charge in [-0.15, -0.1) is 0 Å². The van der Waals surface area contributed by atoms with E-state index in [-0.39, 0.29) is 24.5 Å². The average molecular weight is 376 g/mol. The Labute approximate surface area is 156 Å². The number of nitrogens with one attached hydrogen (secondary N) is 1. The molecule has 1 aliphatic rings. The van der Waals surface area contributed by atoms with E-state index >= 15 is 0 Å². The number of urea groups is 1. The summed E-state index contributed by atoms with van der Waals surface area (Å²) in [4.78, 5) is 13.8. The first-order valence-corrected chi connectivity index (χ1v) is 8.78. The van der Waals surface area contributed by atoms with Gasteiger partial charge in [0.15, 0.2) is 6.79 Å². The Morgan fingerprint density at radius 1 is 1.15 bits per heavy atom. The molecule has 0 unspecified atom stereocenters. The lowest BCUT2D eigenvalue weighted by molar-refractivity contribution is -0.0172. The summed E-state index contributed by atoms with van der Waals surface area (Å²) in [7, 11) is 1.70. The standard InChI is InChI=1S/C20H22F2N2O3/c1-24(9-7-14-2-4-17(21)5-3-14)20(25)23-8-6-15-10-18(22)11-16-12-26-13-27-19(15)16/h2-5,10-11H,6-9,12-13H2,1H3,(H,23,25). The van der Waals surface area contributed by atoms with Crippen molar-refractivity contribution in [3.8, 4) is 5.75 Å². The van der Waals surface area contributed by atoms with Gasteiger partial charge in [-0.1, -0.05) is 12.1 Å². The summed E-state index contributed by atoms with van der Waals surface area (Å²) < 4.78 is 37.3. The van der Waals surface area contributed by atoms with Crippen molar-refractivity contribution in [3.05, 3.63) is 64.7 Å². The molecule has 0 saturated heterocycles. The number of rotatable bonds is 6. The van der Waals surface area contributed by atoms with Gasteiger partial charge >= 0.3 is 6.03 Å². The summed E-state index contributed by atoms with van der Waals surface area (Å²) in [5.41, 5.74) is 2.35. The van der Waals surface area contributed by atoms with Crippen LogP contribution >= 0.6 is 0 Å². The third-order valence-electron chi connectivity index (χ3n) is 4.42. The zero-order valence-electron chi connectivity index (χ0n) is 15.1. The molecule has 7 heteroatoms. The number of carbonyl (C=O) groups is 1. The van der Waals surface area contributed by atoms with Crippen LogP contribution in [0.15, 0.2) is 36.4 Å². The van der Waals surface area contributed by atoms with Crippen molar-refractivity contribution in [1.29, 1.82) is 0 Å². The maximum atomic E-state index is 13.7. The van der Waals surface area contributed by atoms with Crippen LogP contribution in [0.3, 0.4) is 0 Å². The fourth-order valence-electron chi connectivity index (χ4n) is 2.93. The smallest absolute Gasteiger partial charge is 0.317 e. The Morgan fingerprint density at radius 3 is 2.70 bits per heavy atom. The molecule has 0 aliphatic carbocycles. The Balaban J connectivity index is 1.48. The third-order valence-corrected chi connectivity index (χ3v) is 4.42. The summed E-state index contributed by atoms with van der Waals surface area (Å²) in [6.45, 7) is 1.33. The lowest BCUT2D eigenvalue weighted by Crippen LogP contribution is -2.39. The molecule has 144 valence electrons. The first-order chi connectivity index (χ1) is 13.0. The summed E-state index contributed by atoms with van der Waals surface area (Å²) in [5, 5.41) is 2.82. The Morgan fingerprint density at radius 2 is 1.93 bits per heavy atom. The Hall–Kier alpha value is -2.67. The number of hydrogen-bond acceptors (Lipinski definition) is 3. The second-order valence-corrected chi connectivity index (χ2v) is 6.44. The molecule has 0 spiro atoms. The first-order valence-electron chi connectivity index (χ1n) is 8.78. The monoisotopic (exact) mass is 376 g/mol. The highest BCUT2D eigenvalue weighted by Gasteiger charge is 2.17. The Kier molecular flexibility index (Phi) is 6.24. The van der Waals surface area contributed by atoms with E-state index in [4.69, 9.17) is 9.47 Å². The molecule has 0 radical (unpaired) electrons. The second kappa shape index (κ2) is 8.81. The molecule has 0 bridgehead atoms. The van der Waals surface area contributed by atoms with Crippen LogP contribution in [0.2, 0.25) is 0 Å². The van der Waals surface area contributed by atoms with Crippen molar-refractivity contribution in [1.82, 2.24) is 10.2 Å². The van der Waals surface area contributed by atoms with Crippen LogP contribution in [0.25, 0.3) is 0 Å². The average Bonchev–Trinajstić information content (AvgIpc) is 2.67. The quantitative estimate of drug-likeness (QED) is 0.842. The molecule has 2 amide bonds. The second-order valence-electron chi connectivity index (χ2n) is 6.44. The molecule has 0 aromatic heterocycles. The van der Waals surface area contributed by atoms with Gasteiger partial charge in [-0.25, -0.2) is 13.6 Å². The minimum absolute atomic E-state index is 0.143. The van der Waals surface area contributed by atoms with Crippen LogP contribution in [-0.4, -0.2) is 37.9 Å². The van der Waals surface area contributed by atoms with Crippen molar-refractivity contribution in [3.63, 3.8) is 0 Å². The van der Waals surface area contributed by atoms with E-state index in [2.05, 4.69) is 5.32 Å². The van der Waals surface area contributed by atoms with Crippen molar-refractivity contribution in [2.45, 2.75) is 19.4 Å². The van der Waals surface area contributed by atoms with E-state index in [1.807, 2.05) is 0 Å². The van der Waals surface area contributed by atoms with Gasteiger partial charge in [-0.2, -0.15) is 0 Å². The van der Waals surface area contributed by atoms with Gasteiger partial charge in [-0.3, -0.25) is 0 Å². The molecule has 27 heavy (non-hydrogen) atoms. The highest BCUT2D eigenvalue weighted by Crippen LogP contribution is 2.29. The minimum Gasteiger partial charge on any atom is -0.467 e. The van der Waals surface area contributed by atoms with Crippen LogP contribution in [0.4, 0.5) is 13.6 Å². The molecular formula is C20H22F2N2O3. The Bertz CT molecular complexity index is 797. The molecule has 0 saturated carbocycles. The summed E-state index contributed by atoms with van der Waals surface area (Å²) >= 11 is 0. The third kappa shape index (κ3) is 5.17. The van der Waals surface area contributed by atoms with Crippen LogP contribution in [0, 0.1) is 11.6 Å². The normalized spacial score (nSPS) is 12.9. The molecule has 1 aliphatic heterocycles. The van der Waals surface area contributed by atoms with Gasteiger partial charge in [0, 0.05) is 25.7 Å². The van der Waals surface area contributed by atoms with Gasteiger partial charge in [0.1, 0.15) is 17.4 Å². The van der Waals surface area contributed by atoms with Gasteiger partial charge < -0.3 is 19.7 Å². The van der Waals surface area contributed by atoms with Gasteiger partial charge in [0.05, 0.1) is 6.61 Å². The predicted molar refractivity (Wildman–Crippen MR) is 96.5 cm³/mol. The number of amides is 2. The van der Waals surface area contributed by atoms with Crippen molar-refractivity contribution in [2.75, 3.05) is 26.9 Å². The zero-order valence-corrected chi connectivity index (χ0v) is 15.1. The number of likely N-dealkylation sites (N-methyl/N-ethyl adjacent to an activating group) is 1. The summed E-state index contributed by atoms with van der Waals surface area (Å²) in [6, 6.07) is 8.83. The van der Waals surface area contributed by atoms with E-state index < -0.39 is 0 Å². The number of halogens is 2. The molecule has 1 N–H and O–H groups in total.